The van der Waals surface area contributed by atoms with Crippen LogP contribution in [0.5, 0.6) is 0 Å². The monoisotopic (exact) mass is 95.1 g/mol. The zero-order valence-corrected chi connectivity index (χ0v) is 3.83. The van der Waals surface area contributed by atoms with Gasteiger partial charge in [-0.05, 0) is 12.2 Å². The predicted octanol–water partition coefficient (Wildman–Crippen LogP) is 0.758. The van der Waals surface area contributed by atoms with Crippen molar-refractivity contribution in [3.05, 3.63) is 24.6 Å². The molecule has 0 saturated carbocycles. The van der Waals surface area contributed by atoms with Gasteiger partial charge >= 0.3 is 1.43 Å². The molecule has 1 heterocycles. The summed E-state index contributed by atoms with van der Waals surface area (Å²) in [6.07, 6.45) is 8.90. The average molecular weight is 95.1 g/mol. The van der Waals surface area contributed by atoms with Gasteiger partial charge in [0.2, 0.25) is 0 Å². The molecule has 2 heteroatoms. The molecule has 1 rings (SSSR count). The Morgan fingerprint density at radius 1 is 1.43 bits per heavy atom. The van der Waals surface area contributed by atoms with Gasteiger partial charge in [0.05, 0.1) is 6.34 Å². The highest BCUT2D eigenvalue weighted by atomic mass is 14.9. The van der Waals surface area contributed by atoms with Crippen molar-refractivity contribution in [1.82, 2.24) is 5.32 Å². The minimum atomic E-state index is 0. The Labute approximate surface area is 43.7 Å². The van der Waals surface area contributed by atoms with Crippen molar-refractivity contribution in [1.29, 1.82) is 0 Å². The molecular formula is C5H7N2+. The highest BCUT2D eigenvalue weighted by Crippen LogP contribution is 1.77. The summed E-state index contributed by atoms with van der Waals surface area (Å²) in [6.45, 7) is 0. The second kappa shape index (κ2) is 2.18. The third-order valence-corrected chi connectivity index (χ3v) is 0.625. The first-order valence-electron chi connectivity index (χ1n) is 2.09. The normalized spacial score (nSPS) is 16.0. The Hall–Kier alpha value is -1.05. The van der Waals surface area contributed by atoms with Gasteiger partial charge in [0.1, 0.15) is 0 Å². The van der Waals surface area contributed by atoms with Gasteiger partial charge in [-0.15, -0.1) is 0 Å². The molecule has 36 valence electrons. The van der Waals surface area contributed by atoms with Gasteiger partial charge in [0.25, 0.3) is 0 Å². The summed E-state index contributed by atoms with van der Waals surface area (Å²) >= 11 is 0. The Kier molecular flexibility index (Phi) is 1.28. The van der Waals surface area contributed by atoms with Crippen LogP contribution in [0.3, 0.4) is 0 Å². The van der Waals surface area contributed by atoms with Crippen molar-refractivity contribution in [2.75, 3.05) is 0 Å². The fourth-order valence-corrected chi connectivity index (χ4v) is 0.340. The Bertz CT molecular complexity index is 112. The number of hydrogen-bond donors (Lipinski definition) is 1. The zero-order valence-electron chi connectivity index (χ0n) is 4.83. The molecule has 0 bridgehead atoms. The van der Waals surface area contributed by atoms with Crippen LogP contribution in [0, 0.1) is 0 Å². The summed E-state index contributed by atoms with van der Waals surface area (Å²) in [6, 6.07) is 0. The number of nitrogens with zero attached hydrogens (tertiary/aromatic N) is 1. The summed E-state index contributed by atoms with van der Waals surface area (Å²) in [5, 5.41) is 2.81. The Morgan fingerprint density at radius 2 is 2.43 bits per heavy atom. The van der Waals surface area contributed by atoms with Crippen molar-refractivity contribution >= 4 is 6.34 Å². The van der Waals surface area contributed by atoms with Gasteiger partial charge in [0.15, 0.2) is 0 Å². The van der Waals surface area contributed by atoms with Crippen molar-refractivity contribution in [3.63, 3.8) is 0 Å². The topological polar surface area (TPSA) is 24.4 Å². The minimum Gasteiger partial charge on any atom is -0.353 e. The SMILES string of the molecule is C1=CN=CNC=C1.[H+]. The first-order valence-corrected chi connectivity index (χ1v) is 2.09. The van der Waals surface area contributed by atoms with E-state index in [4.69, 9.17) is 0 Å². The third-order valence-electron chi connectivity index (χ3n) is 0.625. The van der Waals surface area contributed by atoms with Crippen LogP contribution in [0.15, 0.2) is 29.5 Å². The van der Waals surface area contributed by atoms with Gasteiger partial charge < -0.3 is 5.32 Å². The van der Waals surface area contributed by atoms with E-state index < -0.39 is 0 Å². The van der Waals surface area contributed by atoms with Crippen LogP contribution >= 0.6 is 0 Å². The van der Waals surface area contributed by atoms with Gasteiger partial charge in [0, 0.05) is 12.4 Å². The maximum absolute atomic E-state index is 3.79. The molecule has 1 aliphatic rings. The van der Waals surface area contributed by atoms with Crippen molar-refractivity contribution in [2.45, 2.75) is 0 Å². The van der Waals surface area contributed by atoms with E-state index in [0.717, 1.165) is 0 Å². The van der Waals surface area contributed by atoms with Crippen molar-refractivity contribution in [2.24, 2.45) is 4.99 Å². The average Bonchev–Trinajstić information content (AvgIpc) is 1.90. The molecule has 2 nitrogen and oxygen atoms in total. The van der Waals surface area contributed by atoms with Crippen LogP contribution in [0.1, 0.15) is 1.43 Å². The Morgan fingerprint density at radius 3 is 3.43 bits per heavy atom. The molecule has 1 N–H and O–H groups in total. The lowest BCUT2D eigenvalue weighted by Crippen LogP contribution is -1.96. The molecule has 0 fully saturated rings. The van der Waals surface area contributed by atoms with E-state index in [9.17, 15) is 0 Å². The molecule has 0 aliphatic carbocycles. The molecule has 0 aromatic rings. The predicted molar refractivity (Wildman–Crippen MR) is 31.0 cm³/mol. The van der Waals surface area contributed by atoms with Crippen LogP contribution < -0.4 is 5.32 Å². The molecule has 0 radical (unpaired) electrons. The van der Waals surface area contributed by atoms with Crippen LogP contribution in [0.25, 0.3) is 0 Å². The van der Waals surface area contributed by atoms with Gasteiger partial charge in [-0.2, -0.15) is 0 Å². The van der Waals surface area contributed by atoms with Crippen LogP contribution in [0.2, 0.25) is 0 Å². The minimum absolute atomic E-state index is 0. The van der Waals surface area contributed by atoms with E-state index in [-0.39, 0.29) is 1.43 Å². The molecule has 0 aromatic heterocycles. The number of rotatable bonds is 0. The lowest BCUT2D eigenvalue weighted by molar-refractivity contribution is 1.32. The van der Waals surface area contributed by atoms with E-state index in [1.807, 2.05) is 18.4 Å². The maximum Gasteiger partial charge on any atom is 1.00 e. The van der Waals surface area contributed by atoms with Crippen molar-refractivity contribution < 1.29 is 1.43 Å². The van der Waals surface area contributed by atoms with Crippen molar-refractivity contribution in [3.8, 4) is 0 Å². The first-order chi connectivity index (χ1) is 3.50. The van der Waals surface area contributed by atoms with E-state index in [2.05, 4.69) is 10.3 Å². The Balaban J connectivity index is 0.000000490. The maximum atomic E-state index is 3.79. The largest absolute Gasteiger partial charge is 1.00 e. The quantitative estimate of drug-likeness (QED) is 0.472. The van der Waals surface area contributed by atoms with E-state index in [0.29, 0.717) is 0 Å². The van der Waals surface area contributed by atoms with E-state index in [1.165, 1.54) is 0 Å². The van der Waals surface area contributed by atoms with E-state index in [1.54, 1.807) is 12.5 Å². The fourth-order valence-electron chi connectivity index (χ4n) is 0.340. The summed E-state index contributed by atoms with van der Waals surface area (Å²) in [5.74, 6) is 0. The molecule has 0 amide bonds. The summed E-state index contributed by atoms with van der Waals surface area (Å²) in [4.78, 5) is 3.79. The van der Waals surface area contributed by atoms with E-state index >= 15 is 0 Å². The molecule has 0 spiro atoms. The first kappa shape index (κ1) is 4.12. The smallest absolute Gasteiger partial charge is 0.353 e. The molecule has 1 aliphatic heterocycles. The molecule has 0 aromatic carbocycles. The summed E-state index contributed by atoms with van der Waals surface area (Å²) in [7, 11) is 0. The van der Waals surface area contributed by atoms with Gasteiger partial charge in [-0.25, -0.2) is 4.99 Å². The van der Waals surface area contributed by atoms with Gasteiger partial charge in [-0.3, -0.25) is 0 Å². The highest BCUT2D eigenvalue weighted by molar-refractivity contribution is 5.57. The fraction of sp³-hybridized carbons (Fsp3) is 0. The molecule has 0 unspecified atom stereocenters. The standard InChI is InChI=1S/C5H6N2/c1-2-4-7-5-6-3-1/h1-5H,(H,6,7)/p+1. The molecule has 7 heavy (non-hydrogen) atoms. The molecular weight excluding hydrogens is 88.1 g/mol. The van der Waals surface area contributed by atoms with Crippen LogP contribution in [0.4, 0.5) is 0 Å². The number of aliphatic imine (C=N–C) groups is 1. The summed E-state index contributed by atoms with van der Waals surface area (Å²) in [5.41, 5.74) is 0. The third kappa shape index (κ3) is 1.22. The number of nitrogens with one attached hydrogen (secondary N) is 1. The number of allylic oxidation sites excluding steroid dienone is 2. The highest BCUT2D eigenvalue weighted by Gasteiger charge is 1.68. The lowest BCUT2D eigenvalue weighted by atomic mass is 10.6. The summed E-state index contributed by atoms with van der Waals surface area (Å²) < 4.78 is 0. The second-order valence-corrected chi connectivity index (χ2v) is 1.15. The second-order valence-electron chi connectivity index (χ2n) is 1.15. The lowest BCUT2D eigenvalue weighted by Gasteiger charge is -1.77. The van der Waals surface area contributed by atoms with Gasteiger partial charge in [-0.1, -0.05) is 0 Å². The number of hydrogen-bond acceptors (Lipinski definition) is 2. The zero-order chi connectivity index (χ0) is 4.95. The molecule has 0 saturated heterocycles. The van der Waals surface area contributed by atoms with Crippen LogP contribution in [-0.2, 0) is 0 Å². The molecule has 0 atom stereocenters. The van der Waals surface area contributed by atoms with Crippen LogP contribution in [-0.4, -0.2) is 6.34 Å².